The lowest BCUT2D eigenvalue weighted by Gasteiger charge is -1.98. The molecule has 0 bridgehead atoms. The molecule has 0 radical (unpaired) electrons. The monoisotopic (exact) mass is 321 g/mol. The predicted octanol–water partition coefficient (Wildman–Crippen LogP) is 1.68. The molecule has 0 saturated heterocycles. The molecule has 102 valence electrons. The average molecular weight is 322 g/mol. The van der Waals surface area contributed by atoms with E-state index in [9.17, 15) is 9.59 Å². The minimum absolute atomic E-state index is 0. The van der Waals surface area contributed by atoms with Gasteiger partial charge in [-0.05, 0) is 6.07 Å². The predicted molar refractivity (Wildman–Crippen MR) is 79.4 cm³/mol. The summed E-state index contributed by atoms with van der Waals surface area (Å²) < 4.78 is 6.38. The molecule has 0 spiro atoms. The highest BCUT2D eigenvalue weighted by atomic mass is 35.5. The number of rotatable bonds is 1. The van der Waals surface area contributed by atoms with Crippen LogP contribution in [0, 0.1) is 0 Å². The second-order valence-corrected chi connectivity index (χ2v) is 4.43. The minimum Gasteiger partial charge on any atom is -0.495 e. The minimum atomic E-state index is -0.535. The van der Waals surface area contributed by atoms with Crippen molar-refractivity contribution in [1.82, 2.24) is 15.0 Å². The lowest BCUT2D eigenvalue weighted by atomic mass is 10.3. The van der Waals surface area contributed by atoms with E-state index in [1.165, 1.54) is 11.3 Å². The summed E-state index contributed by atoms with van der Waals surface area (Å²) in [5, 5.41) is 0. The molecule has 9 heteroatoms. The van der Waals surface area contributed by atoms with Crippen LogP contribution < -0.4 is 16.0 Å². The summed E-state index contributed by atoms with van der Waals surface area (Å²) in [6.07, 6.45) is 1.58. The van der Waals surface area contributed by atoms with Gasteiger partial charge in [-0.1, -0.05) is 0 Å². The van der Waals surface area contributed by atoms with Crippen molar-refractivity contribution in [2.45, 2.75) is 0 Å². The quantitative estimate of drug-likeness (QED) is 0.713. The van der Waals surface area contributed by atoms with Crippen molar-refractivity contribution in [1.29, 1.82) is 0 Å². The Bertz CT molecular complexity index is 839. The Morgan fingerprint density at radius 3 is 2.63 bits per heavy atom. The van der Waals surface area contributed by atoms with Gasteiger partial charge in [-0.15, -0.1) is 36.2 Å². The van der Waals surface area contributed by atoms with Crippen LogP contribution in [0.25, 0.3) is 20.4 Å². The molecule has 0 aliphatic heterocycles. The Labute approximate surface area is 122 Å². The van der Waals surface area contributed by atoms with Crippen LogP contribution in [0.2, 0.25) is 0 Å². The number of halogens is 2. The van der Waals surface area contributed by atoms with Crippen LogP contribution >= 0.6 is 36.2 Å². The number of H-pyrrole nitrogens is 2. The molecule has 0 aromatic carbocycles. The van der Waals surface area contributed by atoms with Gasteiger partial charge in [0.2, 0.25) is 0 Å². The molecular weight excluding hydrogens is 313 g/mol. The van der Waals surface area contributed by atoms with Gasteiger partial charge in [0, 0.05) is 6.20 Å². The summed E-state index contributed by atoms with van der Waals surface area (Å²) in [5.74, 6) is 0.636. The molecule has 3 heterocycles. The molecule has 3 rings (SSSR count). The second kappa shape index (κ2) is 5.60. The number of ether oxygens (including phenoxy) is 1. The fourth-order valence-electron chi connectivity index (χ4n) is 1.71. The van der Waals surface area contributed by atoms with E-state index in [1.54, 1.807) is 19.4 Å². The van der Waals surface area contributed by atoms with E-state index in [0.29, 0.717) is 21.5 Å². The van der Waals surface area contributed by atoms with Gasteiger partial charge in [-0.2, -0.15) is 0 Å². The summed E-state index contributed by atoms with van der Waals surface area (Å²) in [5.41, 5.74) is 0.0887. The van der Waals surface area contributed by atoms with Crippen molar-refractivity contribution < 1.29 is 4.74 Å². The first kappa shape index (κ1) is 15.5. The van der Waals surface area contributed by atoms with E-state index >= 15 is 0 Å². The molecule has 3 aromatic rings. The summed E-state index contributed by atoms with van der Waals surface area (Å²) in [7, 11) is 1.55. The summed E-state index contributed by atoms with van der Waals surface area (Å²) >= 11 is 1.25. The molecule has 0 saturated carbocycles. The number of aromatic nitrogens is 3. The molecule has 0 fully saturated rings. The second-order valence-electron chi connectivity index (χ2n) is 3.41. The van der Waals surface area contributed by atoms with Crippen molar-refractivity contribution in [2.24, 2.45) is 0 Å². The molecule has 0 unspecified atom stereocenters. The molecule has 19 heavy (non-hydrogen) atoms. The number of hydrogen-bond donors (Lipinski definition) is 2. The number of aromatic amines is 2. The number of thiophene rings is 1. The Balaban J connectivity index is 0.000000902. The highest BCUT2D eigenvalue weighted by Gasteiger charge is 2.13. The van der Waals surface area contributed by atoms with E-state index in [0.717, 1.165) is 4.70 Å². The van der Waals surface area contributed by atoms with Gasteiger partial charge >= 0.3 is 5.69 Å². The lowest BCUT2D eigenvalue weighted by molar-refractivity contribution is 0.420. The van der Waals surface area contributed by atoms with Crippen molar-refractivity contribution in [3.8, 4) is 5.75 Å². The van der Waals surface area contributed by atoms with Crippen LogP contribution in [-0.4, -0.2) is 22.1 Å². The average Bonchev–Trinajstić information content (AvgIpc) is 2.68. The van der Waals surface area contributed by atoms with Crippen molar-refractivity contribution in [3.63, 3.8) is 0 Å². The molecular formula is C10H9Cl2N3O3S. The SMILES string of the molecule is COc1ccnc2c1sc1c(=O)[nH]c(=O)[nH]c12.Cl.Cl. The molecule has 0 aliphatic rings. The van der Waals surface area contributed by atoms with Gasteiger partial charge in [0.25, 0.3) is 5.56 Å². The van der Waals surface area contributed by atoms with Gasteiger partial charge in [-0.3, -0.25) is 14.8 Å². The number of pyridine rings is 1. The fourth-order valence-corrected chi connectivity index (χ4v) is 2.81. The van der Waals surface area contributed by atoms with Gasteiger partial charge < -0.3 is 9.72 Å². The van der Waals surface area contributed by atoms with E-state index < -0.39 is 11.2 Å². The highest BCUT2D eigenvalue weighted by molar-refractivity contribution is 7.26. The van der Waals surface area contributed by atoms with Gasteiger partial charge in [0.15, 0.2) is 0 Å². The summed E-state index contributed by atoms with van der Waals surface area (Å²) in [6, 6.07) is 1.71. The van der Waals surface area contributed by atoms with Crippen LogP contribution in [0.15, 0.2) is 21.9 Å². The standard InChI is InChI=1S/C10H7N3O3S.2ClH/c1-16-4-2-3-11-5-6-8(17-7(4)5)9(14)13-10(15)12-6;;/h2-3H,1H3,(H2,12,13,14,15);2*1H. The third-order valence-electron chi connectivity index (χ3n) is 2.43. The van der Waals surface area contributed by atoms with Gasteiger partial charge in [0.05, 0.1) is 17.3 Å². The van der Waals surface area contributed by atoms with E-state index in [2.05, 4.69) is 15.0 Å². The number of nitrogens with zero attached hydrogens (tertiary/aromatic N) is 1. The Morgan fingerprint density at radius 2 is 1.95 bits per heavy atom. The number of hydrogen-bond acceptors (Lipinski definition) is 5. The third-order valence-corrected chi connectivity index (χ3v) is 3.62. The third kappa shape index (κ3) is 2.32. The zero-order chi connectivity index (χ0) is 12.0. The maximum absolute atomic E-state index is 11.6. The lowest BCUT2D eigenvalue weighted by Crippen LogP contribution is -2.20. The Hall–Kier alpha value is -1.57. The number of fused-ring (bicyclic) bond motifs is 3. The van der Waals surface area contributed by atoms with E-state index in [-0.39, 0.29) is 24.8 Å². The maximum Gasteiger partial charge on any atom is 0.326 e. The van der Waals surface area contributed by atoms with E-state index in [1.807, 2.05) is 0 Å². The first-order valence-corrected chi connectivity index (χ1v) is 5.60. The largest absolute Gasteiger partial charge is 0.495 e. The van der Waals surface area contributed by atoms with Crippen LogP contribution in [-0.2, 0) is 0 Å². The van der Waals surface area contributed by atoms with Crippen LogP contribution in [0.3, 0.4) is 0 Å². The highest BCUT2D eigenvalue weighted by Crippen LogP contribution is 2.34. The van der Waals surface area contributed by atoms with Crippen molar-refractivity contribution in [3.05, 3.63) is 33.1 Å². The Kier molecular flexibility index (Phi) is 4.56. The molecule has 0 amide bonds. The van der Waals surface area contributed by atoms with Gasteiger partial charge in [-0.25, -0.2) is 4.79 Å². The van der Waals surface area contributed by atoms with Crippen LogP contribution in [0.4, 0.5) is 0 Å². The molecule has 0 aliphatic carbocycles. The van der Waals surface area contributed by atoms with Crippen molar-refractivity contribution >= 4 is 56.6 Å². The van der Waals surface area contributed by atoms with Crippen LogP contribution in [0.5, 0.6) is 5.75 Å². The number of nitrogens with one attached hydrogen (secondary N) is 2. The zero-order valence-electron chi connectivity index (χ0n) is 9.55. The molecule has 3 aromatic heterocycles. The van der Waals surface area contributed by atoms with Crippen LogP contribution in [0.1, 0.15) is 0 Å². The fraction of sp³-hybridized carbons (Fsp3) is 0.100. The zero-order valence-corrected chi connectivity index (χ0v) is 12.0. The molecule has 6 nitrogen and oxygen atoms in total. The molecule has 0 atom stereocenters. The molecule has 2 N–H and O–H groups in total. The summed E-state index contributed by atoms with van der Waals surface area (Å²) in [4.78, 5) is 31.8. The first-order chi connectivity index (χ1) is 8.20. The normalized spacial score (nSPS) is 9.95. The number of methoxy groups -OCH3 is 1. The van der Waals surface area contributed by atoms with Crippen molar-refractivity contribution in [2.75, 3.05) is 7.11 Å². The summed E-state index contributed by atoms with van der Waals surface area (Å²) in [6.45, 7) is 0. The van der Waals surface area contributed by atoms with Gasteiger partial charge in [0.1, 0.15) is 16.0 Å². The first-order valence-electron chi connectivity index (χ1n) is 4.78. The van der Waals surface area contributed by atoms with E-state index in [4.69, 9.17) is 4.74 Å². The topological polar surface area (TPSA) is 87.8 Å². The maximum atomic E-state index is 11.6. The Morgan fingerprint density at radius 1 is 1.21 bits per heavy atom. The smallest absolute Gasteiger partial charge is 0.326 e.